The molecule has 0 radical (unpaired) electrons. The molecule has 1 N–H and O–H groups in total. The second-order valence-electron chi connectivity index (χ2n) is 4.24. The Morgan fingerprint density at radius 2 is 2.17 bits per heavy atom. The normalized spacial score (nSPS) is 25.9. The zero-order chi connectivity index (χ0) is 13.2. The van der Waals surface area contributed by atoms with E-state index in [4.69, 9.17) is 0 Å². The first-order valence-electron chi connectivity index (χ1n) is 5.70. The molecule has 18 heavy (non-hydrogen) atoms. The Balaban J connectivity index is 2.17. The molecule has 0 saturated heterocycles. The minimum atomic E-state index is -4.30. The van der Waals surface area contributed by atoms with Crippen LogP contribution in [0.3, 0.4) is 0 Å². The van der Waals surface area contributed by atoms with Gasteiger partial charge in [-0.1, -0.05) is 23.8 Å². The van der Waals surface area contributed by atoms with Gasteiger partial charge in [0.2, 0.25) is 0 Å². The van der Waals surface area contributed by atoms with Crippen molar-refractivity contribution in [2.45, 2.75) is 30.8 Å². The molecule has 0 bridgehead atoms. The van der Waals surface area contributed by atoms with Gasteiger partial charge in [-0.2, -0.15) is 18.2 Å². The maximum Gasteiger partial charge on any atom is 0.416 e. The average Bonchev–Trinajstić information content (AvgIpc) is 2.31. The standard InChI is InChI=1S/C12H14F3NOS/c13-12(14,15)10-5-2-1-4-9(10)8-11-16(17)6-3-7-18-11/h2-3,5,7,11,17H,1,4,6,8H2/t11-/m0/s1. The van der Waals surface area contributed by atoms with Gasteiger partial charge in [-0.05, 0) is 24.7 Å². The van der Waals surface area contributed by atoms with E-state index < -0.39 is 11.7 Å². The third-order valence-electron chi connectivity index (χ3n) is 2.96. The Hall–Kier alpha value is -0.720. The van der Waals surface area contributed by atoms with Crippen LogP contribution in [-0.2, 0) is 0 Å². The molecule has 0 aromatic rings. The van der Waals surface area contributed by atoms with E-state index >= 15 is 0 Å². The smallest absolute Gasteiger partial charge is 0.313 e. The van der Waals surface area contributed by atoms with Gasteiger partial charge in [-0.15, -0.1) is 11.8 Å². The molecule has 1 aliphatic heterocycles. The topological polar surface area (TPSA) is 23.5 Å². The van der Waals surface area contributed by atoms with Crippen LogP contribution in [0.15, 0.2) is 34.8 Å². The van der Waals surface area contributed by atoms with Crippen LogP contribution >= 0.6 is 11.8 Å². The van der Waals surface area contributed by atoms with Crippen molar-refractivity contribution >= 4 is 11.8 Å². The number of hydroxylamine groups is 2. The number of alkyl halides is 3. The Morgan fingerprint density at radius 1 is 1.39 bits per heavy atom. The summed E-state index contributed by atoms with van der Waals surface area (Å²) in [5.41, 5.74) is -0.158. The van der Waals surface area contributed by atoms with Crippen molar-refractivity contribution in [3.05, 3.63) is 34.8 Å². The maximum absolute atomic E-state index is 12.8. The monoisotopic (exact) mass is 277 g/mol. The van der Waals surface area contributed by atoms with E-state index in [-0.39, 0.29) is 11.8 Å². The molecule has 0 spiro atoms. The summed E-state index contributed by atoms with van der Waals surface area (Å²) in [5.74, 6) is 0. The van der Waals surface area contributed by atoms with Crippen molar-refractivity contribution in [1.82, 2.24) is 5.06 Å². The summed E-state index contributed by atoms with van der Waals surface area (Å²) >= 11 is 1.35. The van der Waals surface area contributed by atoms with Crippen LogP contribution < -0.4 is 0 Å². The van der Waals surface area contributed by atoms with Crippen LogP contribution in [-0.4, -0.2) is 28.4 Å². The van der Waals surface area contributed by atoms with Gasteiger partial charge in [-0.3, -0.25) is 0 Å². The van der Waals surface area contributed by atoms with E-state index in [9.17, 15) is 18.4 Å². The largest absolute Gasteiger partial charge is 0.416 e. The highest BCUT2D eigenvalue weighted by atomic mass is 32.2. The lowest BCUT2D eigenvalue weighted by molar-refractivity contribution is -0.0957. The molecule has 1 aliphatic carbocycles. The van der Waals surface area contributed by atoms with Gasteiger partial charge in [0.25, 0.3) is 0 Å². The summed E-state index contributed by atoms with van der Waals surface area (Å²) in [4.78, 5) is 0. The summed E-state index contributed by atoms with van der Waals surface area (Å²) in [6.07, 6.45) is 1.47. The molecular weight excluding hydrogens is 263 g/mol. The number of nitrogens with zero attached hydrogens (tertiary/aromatic N) is 1. The van der Waals surface area contributed by atoms with Crippen molar-refractivity contribution in [2.75, 3.05) is 6.54 Å². The second-order valence-corrected chi connectivity index (χ2v) is 5.33. The summed E-state index contributed by atoms with van der Waals surface area (Å²) in [6, 6.07) is 0. The highest BCUT2D eigenvalue weighted by molar-refractivity contribution is 8.02. The van der Waals surface area contributed by atoms with Crippen molar-refractivity contribution in [3.8, 4) is 0 Å². The van der Waals surface area contributed by atoms with E-state index in [2.05, 4.69) is 0 Å². The van der Waals surface area contributed by atoms with Gasteiger partial charge < -0.3 is 5.21 Å². The predicted octanol–water partition coefficient (Wildman–Crippen LogP) is 3.86. The number of thioether (sulfide) groups is 1. The van der Waals surface area contributed by atoms with Gasteiger partial charge >= 0.3 is 6.18 Å². The number of hydrogen-bond donors (Lipinski definition) is 1. The first kappa shape index (κ1) is 13.7. The van der Waals surface area contributed by atoms with Crippen LogP contribution in [0.5, 0.6) is 0 Å². The molecule has 1 heterocycles. The van der Waals surface area contributed by atoms with Crippen LogP contribution in [0.25, 0.3) is 0 Å². The third kappa shape index (κ3) is 3.18. The van der Waals surface area contributed by atoms with Crippen LogP contribution in [0.1, 0.15) is 19.3 Å². The molecule has 0 amide bonds. The highest BCUT2D eigenvalue weighted by Crippen LogP contribution is 2.37. The van der Waals surface area contributed by atoms with Gasteiger partial charge in [0.1, 0.15) is 0 Å². The zero-order valence-corrected chi connectivity index (χ0v) is 10.5. The first-order valence-corrected chi connectivity index (χ1v) is 6.64. The molecule has 0 aromatic heterocycles. The van der Waals surface area contributed by atoms with Gasteiger partial charge in [0.05, 0.1) is 10.9 Å². The first-order chi connectivity index (χ1) is 8.48. The minimum absolute atomic E-state index is 0.241. The van der Waals surface area contributed by atoms with E-state index in [1.54, 1.807) is 12.2 Å². The van der Waals surface area contributed by atoms with Crippen LogP contribution in [0, 0.1) is 0 Å². The molecule has 0 unspecified atom stereocenters. The SMILES string of the molecule is ON1CC=CS[C@H]1CC1=C(C(F)(F)F)C=CCC1. The number of rotatable bonds is 2. The molecule has 0 aromatic carbocycles. The average molecular weight is 277 g/mol. The molecule has 2 aliphatic rings. The van der Waals surface area contributed by atoms with E-state index in [0.29, 0.717) is 25.0 Å². The molecule has 1 atom stereocenters. The lowest BCUT2D eigenvalue weighted by atomic mass is 9.94. The van der Waals surface area contributed by atoms with Crippen molar-refractivity contribution in [1.29, 1.82) is 0 Å². The minimum Gasteiger partial charge on any atom is -0.313 e. The number of halogens is 3. The fraction of sp³-hybridized carbons (Fsp3) is 0.500. The number of hydrogen-bond acceptors (Lipinski definition) is 3. The van der Waals surface area contributed by atoms with Crippen LogP contribution in [0.2, 0.25) is 0 Å². The Kier molecular flexibility index (Phi) is 4.19. The molecule has 0 fully saturated rings. The molecule has 2 nitrogen and oxygen atoms in total. The van der Waals surface area contributed by atoms with Gasteiger partial charge in [0, 0.05) is 6.54 Å². The molecule has 0 saturated carbocycles. The van der Waals surface area contributed by atoms with Crippen molar-refractivity contribution in [2.24, 2.45) is 0 Å². The lowest BCUT2D eigenvalue weighted by Crippen LogP contribution is -2.32. The fourth-order valence-electron chi connectivity index (χ4n) is 2.07. The third-order valence-corrected chi connectivity index (χ3v) is 4.04. The zero-order valence-electron chi connectivity index (χ0n) is 9.65. The Morgan fingerprint density at radius 3 is 2.83 bits per heavy atom. The molecular formula is C12H14F3NOS. The summed E-state index contributed by atoms with van der Waals surface area (Å²) in [6.45, 7) is 0.363. The number of allylic oxidation sites excluding steroid dienone is 3. The van der Waals surface area contributed by atoms with E-state index in [1.165, 1.54) is 11.8 Å². The van der Waals surface area contributed by atoms with Crippen LogP contribution in [0.4, 0.5) is 13.2 Å². The Bertz CT molecular complexity index is 401. The summed E-state index contributed by atoms with van der Waals surface area (Å²) in [5, 5.41) is 12.2. The predicted molar refractivity (Wildman–Crippen MR) is 65.1 cm³/mol. The van der Waals surface area contributed by atoms with Gasteiger partial charge in [-0.25, -0.2) is 0 Å². The lowest BCUT2D eigenvalue weighted by Gasteiger charge is -2.29. The maximum atomic E-state index is 12.8. The molecule has 2 rings (SSSR count). The van der Waals surface area contributed by atoms with Gasteiger partial charge in [0.15, 0.2) is 0 Å². The van der Waals surface area contributed by atoms with E-state index in [1.807, 2.05) is 5.41 Å². The summed E-state index contributed by atoms with van der Waals surface area (Å²) in [7, 11) is 0. The Labute approximate surface area is 108 Å². The fourth-order valence-corrected chi connectivity index (χ4v) is 2.97. The quantitative estimate of drug-likeness (QED) is 0.829. The molecule has 6 heteroatoms. The molecule has 100 valence electrons. The summed E-state index contributed by atoms with van der Waals surface area (Å²) < 4.78 is 38.5. The van der Waals surface area contributed by atoms with Crippen molar-refractivity contribution < 1.29 is 18.4 Å². The highest BCUT2D eigenvalue weighted by Gasteiger charge is 2.36. The second kappa shape index (κ2) is 5.50. The van der Waals surface area contributed by atoms with E-state index in [0.717, 1.165) is 11.1 Å². The van der Waals surface area contributed by atoms with Crippen molar-refractivity contribution in [3.63, 3.8) is 0 Å².